The van der Waals surface area contributed by atoms with Crippen LogP contribution in [0.5, 0.6) is 0 Å². The van der Waals surface area contributed by atoms with Crippen LogP contribution >= 0.6 is 15.9 Å². The summed E-state index contributed by atoms with van der Waals surface area (Å²) in [7, 11) is 0. The Morgan fingerprint density at radius 1 is 1.91 bits per heavy atom. The average Bonchev–Trinajstić information content (AvgIpc) is 2.32. The lowest BCUT2D eigenvalue weighted by molar-refractivity contribution is 0.697. The molecular formula is C7H6BrN3. The predicted molar refractivity (Wildman–Crippen MR) is 44.8 cm³/mol. The first kappa shape index (κ1) is 8.02. The van der Waals surface area contributed by atoms with Crippen molar-refractivity contribution in [2.24, 2.45) is 0 Å². The first-order valence-electron chi connectivity index (χ1n) is 3.02. The van der Waals surface area contributed by atoms with Crippen LogP contribution in [-0.2, 0) is 6.54 Å². The highest BCUT2D eigenvalue weighted by atomic mass is 79.9. The van der Waals surface area contributed by atoms with Gasteiger partial charge in [-0.3, -0.25) is 4.68 Å². The van der Waals surface area contributed by atoms with E-state index in [1.807, 2.05) is 6.07 Å². The molecule has 1 heterocycles. The van der Waals surface area contributed by atoms with Crippen molar-refractivity contribution in [3.8, 4) is 6.07 Å². The number of nitrogens with zero attached hydrogens (tertiary/aromatic N) is 3. The van der Waals surface area contributed by atoms with Gasteiger partial charge in [0, 0.05) is 6.20 Å². The molecule has 3 nitrogen and oxygen atoms in total. The molecule has 56 valence electrons. The maximum atomic E-state index is 8.54. The highest BCUT2D eigenvalue weighted by molar-refractivity contribution is 9.10. The minimum absolute atomic E-state index is 0.548. The number of aromatic nitrogens is 2. The smallest absolute Gasteiger partial charge is 0.145 e. The van der Waals surface area contributed by atoms with Crippen molar-refractivity contribution in [2.75, 3.05) is 0 Å². The molecule has 0 saturated carbocycles. The Labute approximate surface area is 73.1 Å². The molecule has 0 amide bonds. The highest BCUT2D eigenvalue weighted by Gasteiger charge is 2.02. The first-order chi connectivity index (χ1) is 5.27. The van der Waals surface area contributed by atoms with Crippen LogP contribution in [0.4, 0.5) is 0 Å². The second-order valence-corrected chi connectivity index (χ2v) is 2.71. The standard InChI is InChI=1S/C7H6BrN3/c1-2-3-11-5-6(4-9)7(8)10-11/h2,5H,1,3H2. The summed E-state index contributed by atoms with van der Waals surface area (Å²) in [4.78, 5) is 0. The zero-order chi connectivity index (χ0) is 8.27. The van der Waals surface area contributed by atoms with Gasteiger partial charge in [0.2, 0.25) is 0 Å². The summed E-state index contributed by atoms with van der Waals surface area (Å²) in [5.74, 6) is 0. The van der Waals surface area contributed by atoms with Crippen molar-refractivity contribution in [3.63, 3.8) is 0 Å². The summed E-state index contributed by atoms with van der Waals surface area (Å²) in [5.41, 5.74) is 0.548. The molecule has 0 unspecified atom stereocenters. The van der Waals surface area contributed by atoms with Gasteiger partial charge in [-0.15, -0.1) is 6.58 Å². The number of hydrogen-bond donors (Lipinski definition) is 0. The van der Waals surface area contributed by atoms with E-state index in [1.54, 1.807) is 17.0 Å². The molecular weight excluding hydrogens is 206 g/mol. The van der Waals surface area contributed by atoms with Crippen LogP contribution in [0.2, 0.25) is 0 Å². The van der Waals surface area contributed by atoms with E-state index in [0.717, 1.165) is 0 Å². The van der Waals surface area contributed by atoms with Gasteiger partial charge >= 0.3 is 0 Å². The molecule has 0 aliphatic rings. The molecule has 1 aromatic rings. The number of hydrogen-bond acceptors (Lipinski definition) is 2. The number of rotatable bonds is 2. The van der Waals surface area contributed by atoms with Crippen LogP contribution in [0.3, 0.4) is 0 Å². The molecule has 0 aliphatic heterocycles. The van der Waals surface area contributed by atoms with Gasteiger partial charge in [-0.1, -0.05) is 6.08 Å². The maximum absolute atomic E-state index is 8.54. The van der Waals surface area contributed by atoms with Crippen LogP contribution in [0.1, 0.15) is 5.56 Å². The zero-order valence-electron chi connectivity index (χ0n) is 5.79. The van der Waals surface area contributed by atoms with Gasteiger partial charge in [-0.05, 0) is 15.9 Å². The van der Waals surface area contributed by atoms with Crippen molar-refractivity contribution in [2.45, 2.75) is 6.54 Å². The molecule has 0 atom stereocenters. The van der Waals surface area contributed by atoms with Crippen LogP contribution in [0.15, 0.2) is 23.5 Å². The lowest BCUT2D eigenvalue weighted by Gasteiger charge is -1.90. The van der Waals surface area contributed by atoms with Crippen LogP contribution in [0, 0.1) is 11.3 Å². The Morgan fingerprint density at radius 2 is 2.64 bits per heavy atom. The van der Waals surface area contributed by atoms with Crippen molar-refractivity contribution < 1.29 is 0 Å². The highest BCUT2D eigenvalue weighted by Crippen LogP contribution is 2.12. The van der Waals surface area contributed by atoms with E-state index < -0.39 is 0 Å². The van der Waals surface area contributed by atoms with Gasteiger partial charge in [-0.25, -0.2) is 0 Å². The summed E-state index contributed by atoms with van der Waals surface area (Å²) in [5, 5.41) is 12.6. The second-order valence-electron chi connectivity index (χ2n) is 1.96. The molecule has 0 bridgehead atoms. The fourth-order valence-corrected chi connectivity index (χ4v) is 1.09. The minimum atomic E-state index is 0.548. The van der Waals surface area contributed by atoms with E-state index in [1.165, 1.54) is 0 Å². The van der Waals surface area contributed by atoms with Gasteiger partial charge < -0.3 is 0 Å². The topological polar surface area (TPSA) is 41.6 Å². The van der Waals surface area contributed by atoms with Crippen LogP contribution < -0.4 is 0 Å². The minimum Gasteiger partial charge on any atom is -0.266 e. The number of halogens is 1. The van der Waals surface area contributed by atoms with Gasteiger partial charge in [0.15, 0.2) is 0 Å². The molecule has 0 aromatic carbocycles. The van der Waals surface area contributed by atoms with Crippen molar-refractivity contribution in [1.82, 2.24) is 9.78 Å². The van der Waals surface area contributed by atoms with E-state index >= 15 is 0 Å². The molecule has 0 spiro atoms. The van der Waals surface area contributed by atoms with Gasteiger partial charge in [-0.2, -0.15) is 10.4 Å². The molecule has 0 fully saturated rings. The summed E-state index contributed by atoms with van der Waals surface area (Å²) in [6, 6.07) is 2.01. The van der Waals surface area contributed by atoms with E-state index in [2.05, 4.69) is 27.6 Å². The van der Waals surface area contributed by atoms with Crippen molar-refractivity contribution in [3.05, 3.63) is 29.0 Å². The number of nitriles is 1. The monoisotopic (exact) mass is 211 g/mol. The Kier molecular flexibility index (Phi) is 2.44. The normalized spacial score (nSPS) is 9.09. The third-order valence-electron chi connectivity index (χ3n) is 1.15. The van der Waals surface area contributed by atoms with Crippen molar-refractivity contribution >= 4 is 15.9 Å². The Hall–Kier alpha value is -1.08. The lowest BCUT2D eigenvalue weighted by atomic mass is 10.4. The Morgan fingerprint density at radius 3 is 3.09 bits per heavy atom. The second kappa shape index (κ2) is 3.35. The quantitative estimate of drug-likeness (QED) is 0.700. The first-order valence-corrected chi connectivity index (χ1v) is 3.81. The molecule has 1 rings (SSSR count). The maximum Gasteiger partial charge on any atom is 0.145 e. The average molecular weight is 212 g/mol. The largest absolute Gasteiger partial charge is 0.266 e. The van der Waals surface area contributed by atoms with E-state index in [-0.39, 0.29) is 0 Å². The molecule has 0 N–H and O–H groups in total. The third-order valence-corrected chi connectivity index (χ3v) is 1.74. The lowest BCUT2D eigenvalue weighted by Crippen LogP contribution is -1.93. The van der Waals surface area contributed by atoms with Gasteiger partial charge in [0.05, 0.1) is 6.54 Å². The summed E-state index contributed by atoms with van der Waals surface area (Å²) in [6.07, 6.45) is 3.40. The summed E-state index contributed by atoms with van der Waals surface area (Å²) >= 11 is 3.16. The summed E-state index contributed by atoms with van der Waals surface area (Å²) in [6.45, 7) is 4.19. The SMILES string of the molecule is C=CCn1cc(C#N)c(Br)n1. The summed E-state index contributed by atoms with van der Waals surface area (Å²) < 4.78 is 2.23. The van der Waals surface area contributed by atoms with Crippen LogP contribution in [-0.4, -0.2) is 9.78 Å². The van der Waals surface area contributed by atoms with Crippen LogP contribution in [0.25, 0.3) is 0 Å². The van der Waals surface area contributed by atoms with Crippen molar-refractivity contribution in [1.29, 1.82) is 5.26 Å². The van der Waals surface area contributed by atoms with E-state index in [0.29, 0.717) is 16.7 Å². The Balaban J connectivity index is 2.97. The molecule has 0 aliphatic carbocycles. The number of allylic oxidation sites excluding steroid dienone is 1. The molecule has 4 heteroatoms. The molecule has 0 saturated heterocycles. The molecule has 0 radical (unpaired) electrons. The molecule has 1 aromatic heterocycles. The zero-order valence-corrected chi connectivity index (χ0v) is 7.37. The molecule has 11 heavy (non-hydrogen) atoms. The van der Waals surface area contributed by atoms with Gasteiger partial charge in [0.1, 0.15) is 16.2 Å². The third kappa shape index (κ3) is 1.69. The van der Waals surface area contributed by atoms with E-state index in [4.69, 9.17) is 5.26 Å². The fourth-order valence-electron chi connectivity index (χ4n) is 0.699. The predicted octanol–water partition coefficient (Wildman–Crippen LogP) is 1.70. The van der Waals surface area contributed by atoms with Gasteiger partial charge in [0.25, 0.3) is 0 Å². The van der Waals surface area contributed by atoms with E-state index in [9.17, 15) is 0 Å². The Bertz CT molecular complexity index is 308. The fraction of sp³-hybridized carbons (Fsp3) is 0.143.